The van der Waals surface area contributed by atoms with Gasteiger partial charge in [0.25, 0.3) is 0 Å². The lowest BCUT2D eigenvalue weighted by Gasteiger charge is -2.54. The monoisotopic (exact) mass is 1120 g/mol. The first-order valence-electron chi connectivity index (χ1n) is 31.3. The Hall–Kier alpha value is -1.73. The smallest absolute Gasteiger partial charge is 0.308 e. The molecule has 0 aliphatic carbocycles. The molecule has 3 spiro atoms. The molecule has 0 aromatic carbocycles. The van der Waals surface area contributed by atoms with Crippen molar-refractivity contribution in [1.82, 2.24) is 0 Å². The molecule has 0 aromatic rings. The summed E-state index contributed by atoms with van der Waals surface area (Å²) in [5, 5.41) is 20.3. The van der Waals surface area contributed by atoms with E-state index in [0.717, 1.165) is 49.7 Å². The number of hydrogen-bond acceptors (Lipinski definition) is 19. The van der Waals surface area contributed by atoms with Crippen LogP contribution in [0.1, 0.15) is 137 Å². The molecule has 19 nitrogen and oxygen atoms in total. The van der Waals surface area contributed by atoms with Gasteiger partial charge in [-0.2, -0.15) is 0 Å². The van der Waals surface area contributed by atoms with Crippen LogP contribution in [0.15, 0.2) is 24.3 Å². The van der Waals surface area contributed by atoms with E-state index in [9.17, 15) is 15.0 Å². The van der Waals surface area contributed by atoms with Crippen molar-refractivity contribution in [3.63, 3.8) is 0 Å². The maximum Gasteiger partial charge on any atom is 0.308 e. The van der Waals surface area contributed by atoms with Gasteiger partial charge >= 0.3 is 5.97 Å². The van der Waals surface area contributed by atoms with E-state index in [1.54, 1.807) is 0 Å². The van der Waals surface area contributed by atoms with E-state index in [0.29, 0.717) is 70.8 Å². The number of hydrogen-bond donors (Lipinski definition) is 2. The van der Waals surface area contributed by atoms with Gasteiger partial charge in [0.2, 0.25) is 0 Å². The molecule has 19 heteroatoms. The number of aliphatic hydroxyl groups excluding tert-OH is 2. The normalized spacial score (nSPS) is 58.9. The van der Waals surface area contributed by atoms with Crippen molar-refractivity contribution in [2.24, 2.45) is 29.6 Å². The van der Waals surface area contributed by atoms with Gasteiger partial charge in [0, 0.05) is 69.6 Å². The Morgan fingerprint density at radius 1 is 0.500 bits per heavy atom. The predicted octanol–water partition coefficient (Wildman–Crippen LogP) is 5.19. The van der Waals surface area contributed by atoms with Crippen LogP contribution in [-0.4, -0.2) is 199 Å². The summed E-state index contributed by atoms with van der Waals surface area (Å²) >= 11 is 0. The summed E-state index contributed by atoms with van der Waals surface area (Å²) in [4.78, 5) is 14.6. The molecule has 17 aliphatic rings. The van der Waals surface area contributed by atoms with Gasteiger partial charge in [-0.1, -0.05) is 40.9 Å². The third-order valence-electron chi connectivity index (χ3n) is 22.7. The maximum atomic E-state index is 14.6. The van der Waals surface area contributed by atoms with E-state index >= 15 is 0 Å². The Kier molecular flexibility index (Phi) is 13.4. The van der Waals surface area contributed by atoms with Gasteiger partial charge in [-0.3, -0.25) is 4.79 Å². The van der Waals surface area contributed by atoms with E-state index in [1.807, 2.05) is 0 Å². The first kappa shape index (κ1) is 53.7. The number of ether oxygens (including phenoxy) is 16. The molecule has 80 heavy (non-hydrogen) atoms. The molecule has 0 saturated carbocycles. The molecule has 17 aliphatic heterocycles. The molecule has 33 atom stereocenters. The summed E-state index contributed by atoms with van der Waals surface area (Å²) in [6.07, 6.45) is 3.77. The van der Waals surface area contributed by atoms with Gasteiger partial charge in [-0.25, -0.2) is 0 Å². The topological polar surface area (TPSA) is 205 Å². The van der Waals surface area contributed by atoms with Crippen LogP contribution in [0, 0.1) is 29.6 Å². The van der Waals surface area contributed by atoms with E-state index < -0.39 is 54.0 Å². The van der Waals surface area contributed by atoms with Crippen molar-refractivity contribution in [3.8, 4) is 0 Å². The average molecular weight is 1120 g/mol. The van der Waals surface area contributed by atoms with Gasteiger partial charge in [0.1, 0.15) is 36.6 Å². The van der Waals surface area contributed by atoms with Gasteiger partial charge in [-0.05, 0) is 73.8 Å². The summed E-state index contributed by atoms with van der Waals surface area (Å²) < 4.78 is 110. The molecular weight excluding hydrogens is 1040 g/mol. The molecule has 0 amide bonds. The maximum absolute atomic E-state index is 14.6. The highest BCUT2D eigenvalue weighted by atomic mass is 16.8. The minimum absolute atomic E-state index is 0.0140. The number of carbonyl (C=O) groups excluding carboxylic acids is 1. The summed E-state index contributed by atoms with van der Waals surface area (Å²) in [6, 6.07) is 0. The highest BCUT2D eigenvalue weighted by Gasteiger charge is 2.70. The highest BCUT2D eigenvalue weighted by Crippen LogP contribution is 2.58. The third-order valence-corrected chi connectivity index (χ3v) is 22.7. The van der Waals surface area contributed by atoms with Crippen LogP contribution in [0.5, 0.6) is 0 Å². The number of carbonyl (C=O) groups is 1. The fraction of sp³-hybridized carbons (Fsp3) is 0.918. The van der Waals surface area contributed by atoms with Crippen molar-refractivity contribution in [3.05, 3.63) is 24.3 Å². The molecule has 17 rings (SSSR count). The first-order chi connectivity index (χ1) is 38.6. The molecule has 33 unspecified atom stereocenters. The molecular formula is C61H86O19. The molecule has 2 N–H and O–H groups in total. The zero-order valence-corrected chi connectivity index (χ0v) is 47.0. The summed E-state index contributed by atoms with van der Waals surface area (Å²) in [7, 11) is 0. The van der Waals surface area contributed by atoms with E-state index in [-0.39, 0.29) is 165 Å². The Labute approximate surface area is 469 Å². The van der Waals surface area contributed by atoms with E-state index in [1.165, 1.54) is 0 Å². The van der Waals surface area contributed by atoms with E-state index in [2.05, 4.69) is 40.9 Å². The Balaban J connectivity index is 0.628. The Morgan fingerprint density at radius 3 is 2.04 bits per heavy atom. The zero-order valence-electron chi connectivity index (χ0n) is 47.0. The molecule has 12 bridgehead atoms. The summed E-state index contributed by atoms with van der Waals surface area (Å²) in [5.41, 5.74) is 2.16. The van der Waals surface area contributed by atoms with Crippen molar-refractivity contribution >= 4 is 5.97 Å². The lowest BCUT2D eigenvalue weighted by atomic mass is 9.77. The average Bonchev–Trinajstić information content (AvgIpc) is 3.80. The number of rotatable bonds is 2. The minimum Gasteiger partial charge on any atom is -0.459 e. The molecule has 17 heterocycles. The zero-order chi connectivity index (χ0) is 54.3. The quantitative estimate of drug-likeness (QED) is 0.270. The summed E-state index contributed by atoms with van der Waals surface area (Å²) in [6.45, 7) is 18.0. The van der Waals surface area contributed by atoms with Crippen LogP contribution >= 0.6 is 0 Å². The van der Waals surface area contributed by atoms with Gasteiger partial charge in [0.15, 0.2) is 17.4 Å². The van der Waals surface area contributed by atoms with Gasteiger partial charge in [0.05, 0.1) is 136 Å². The van der Waals surface area contributed by atoms with Crippen molar-refractivity contribution in [1.29, 1.82) is 0 Å². The SMILES string of the molecule is C=C1CC2CCC34CC5OC6C(OC7CCC(CC(=O)OC8C(CC9OC(CCC1O2)CC(C)C9=C)OC1CC2OC9(CC2OC1C8C)CC1OC2(CC(C)C8OC%10C(CC8O2)OCC%10C(O)CO)CC(C)C1O9)OC7C6O3)C5O4. The second kappa shape index (κ2) is 19.9. The molecule has 0 aromatic heterocycles. The largest absolute Gasteiger partial charge is 0.459 e. The third kappa shape index (κ3) is 8.91. The van der Waals surface area contributed by atoms with Gasteiger partial charge < -0.3 is 86.0 Å². The van der Waals surface area contributed by atoms with Crippen LogP contribution in [0.25, 0.3) is 0 Å². The van der Waals surface area contributed by atoms with E-state index in [4.69, 9.17) is 75.8 Å². The van der Waals surface area contributed by atoms with Crippen molar-refractivity contribution in [2.75, 3.05) is 13.2 Å². The molecule has 444 valence electrons. The van der Waals surface area contributed by atoms with Crippen LogP contribution in [0.3, 0.4) is 0 Å². The van der Waals surface area contributed by atoms with Gasteiger partial charge in [-0.15, -0.1) is 0 Å². The predicted molar refractivity (Wildman–Crippen MR) is 276 cm³/mol. The number of esters is 1. The lowest BCUT2D eigenvalue weighted by molar-refractivity contribution is -0.370. The molecule has 0 radical (unpaired) electrons. The lowest BCUT2D eigenvalue weighted by Crippen LogP contribution is -2.62. The number of fused-ring (bicyclic) bond motifs is 11. The Bertz CT molecular complexity index is 2410. The molecule has 17 fully saturated rings. The fourth-order valence-corrected chi connectivity index (χ4v) is 18.9. The minimum atomic E-state index is -0.908. The number of aliphatic hydroxyl groups is 2. The second-order valence-electron chi connectivity index (χ2n) is 28.1. The van der Waals surface area contributed by atoms with Crippen molar-refractivity contribution < 1.29 is 90.8 Å². The Morgan fingerprint density at radius 2 is 1.18 bits per heavy atom. The first-order valence-corrected chi connectivity index (χ1v) is 31.3. The standard InChI is InChI=1S/C61H86O19/c1-26-13-32-7-9-37-27(2)14-34(66-37)11-12-59-22-46-55(79-59)56-57(72-46)58(80-59)54-38(70-56)10-8-33(68-54)15-48(64)73-52-31(6)51-43(69-42(52)16-39(67-32)30(26)5)17-40-45(71-51)21-61(75-40)23-47-50(78-61)29(4)20-60(77-47)19-28(3)49-44(76-60)18-41-53(74-49)35(25-65-41)36(63)24-62/h26,28-29,31-47,49-58,62-63H,2,5,7-25H2,1,3-4,6H3. The van der Waals surface area contributed by atoms with Crippen LogP contribution in [0.4, 0.5) is 0 Å². The second-order valence-corrected chi connectivity index (χ2v) is 28.1. The summed E-state index contributed by atoms with van der Waals surface area (Å²) in [5.74, 6) is -2.91. The van der Waals surface area contributed by atoms with Crippen molar-refractivity contribution in [2.45, 2.75) is 307 Å². The van der Waals surface area contributed by atoms with Crippen LogP contribution < -0.4 is 0 Å². The van der Waals surface area contributed by atoms with Crippen LogP contribution in [-0.2, 0) is 80.6 Å². The highest BCUT2D eigenvalue weighted by molar-refractivity contribution is 5.70. The molecule has 17 saturated heterocycles. The van der Waals surface area contributed by atoms with Crippen LogP contribution in [0.2, 0.25) is 0 Å². The fourth-order valence-electron chi connectivity index (χ4n) is 18.9.